The summed E-state index contributed by atoms with van der Waals surface area (Å²) in [5.74, 6) is -1.15. The van der Waals surface area contributed by atoms with Crippen molar-refractivity contribution in [1.29, 1.82) is 0 Å². The number of carbonyl (C=O) groups is 2. The van der Waals surface area contributed by atoms with E-state index < -0.39 is 28.3 Å². The standard InChI is InChI=1S/C19H20N4O5/c1-19(2,3)18-20-14(17(25)26)15-12-8-5-9-21(12)16(24)13-10(22(15)18)6-4-7-11(13)23(27)28/h4,6-7,12H,5,8-9H2,1-3H3,(H,25,26)/t12-/m0/s1. The van der Waals surface area contributed by atoms with E-state index in [1.165, 1.54) is 12.1 Å². The van der Waals surface area contributed by atoms with Crippen molar-refractivity contribution in [1.82, 2.24) is 14.5 Å². The van der Waals surface area contributed by atoms with Crippen LogP contribution in [0.15, 0.2) is 18.2 Å². The summed E-state index contributed by atoms with van der Waals surface area (Å²) >= 11 is 0. The van der Waals surface area contributed by atoms with Gasteiger partial charge in [-0.1, -0.05) is 26.8 Å². The molecule has 0 unspecified atom stereocenters. The van der Waals surface area contributed by atoms with Crippen molar-refractivity contribution in [3.05, 3.63) is 51.1 Å². The zero-order valence-electron chi connectivity index (χ0n) is 15.8. The number of carbonyl (C=O) groups excluding carboxylic acids is 1. The number of hydrogen-bond donors (Lipinski definition) is 1. The van der Waals surface area contributed by atoms with Crippen LogP contribution in [0.2, 0.25) is 0 Å². The molecule has 1 fully saturated rings. The average Bonchev–Trinajstić information content (AvgIpc) is 3.22. The van der Waals surface area contributed by atoms with Crippen molar-refractivity contribution in [2.75, 3.05) is 6.54 Å². The molecule has 28 heavy (non-hydrogen) atoms. The third-order valence-corrected chi connectivity index (χ3v) is 5.29. The van der Waals surface area contributed by atoms with Crippen LogP contribution < -0.4 is 0 Å². The first-order valence-electron chi connectivity index (χ1n) is 9.08. The Morgan fingerprint density at radius 2 is 2.07 bits per heavy atom. The topological polar surface area (TPSA) is 119 Å². The maximum Gasteiger partial charge on any atom is 0.356 e. The molecule has 1 atom stereocenters. The van der Waals surface area contributed by atoms with Crippen LogP contribution in [0.5, 0.6) is 0 Å². The number of amides is 1. The molecule has 2 aromatic rings. The third kappa shape index (κ3) is 2.42. The smallest absolute Gasteiger partial charge is 0.356 e. The minimum Gasteiger partial charge on any atom is -0.476 e. The van der Waals surface area contributed by atoms with E-state index in [0.29, 0.717) is 36.6 Å². The lowest BCUT2D eigenvalue weighted by Crippen LogP contribution is -2.30. The molecule has 1 N–H and O–H groups in total. The summed E-state index contributed by atoms with van der Waals surface area (Å²) in [6, 6.07) is 3.96. The predicted octanol–water partition coefficient (Wildman–Crippen LogP) is 3.07. The highest BCUT2D eigenvalue weighted by Crippen LogP contribution is 2.44. The second-order valence-corrected chi connectivity index (χ2v) is 8.14. The number of imidazole rings is 1. The Hall–Kier alpha value is -3.23. The lowest BCUT2D eigenvalue weighted by molar-refractivity contribution is -0.385. The van der Waals surface area contributed by atoms with Crippen LogP contribution in [-0.2, 0) is 5.41 Å². The molecular formula is C19H20N4O5. The summed E-state index contributed by atoms with van der Waals surface area (Å²) in [6.45, 7) is 6.10. The van der Waals surface area contributed by atoms with Gasteiger partial charge in [0.25, 0.3) is 11.6 Å². The highest BCUT2D eigenvalue weighted by molar-refractivity contribution is 6.03. The maximum absolute atomic E-state index is 13.3. The van der Waals surface area contributed by atoms with Crippen molar-refractivity contribution in [2.24, 2.45) is 0 Å². The van der Waals surface area contributed by atoms with Gasteiger partial charge in [0.1, 0.15) is 11.4 Å². The molecule has 9 heteroatoms. The van der Waals surface area contributed by atoms with Crippen LogP contribution >= 0.6 is 0 Å². The Morgan fingerprint density at radius 1 is 1.36 bits per heavy atom. The van der Waals surface area contributed by atoms with E-state index >= 15 is 0 Å². The molecule has 1 aromatic carbocycles. The second kappa shape index (κ2) is 5.88. The first-order chi connectivity index (χ1) is 13.1. The van der Waals surface area contributed by atoms with Gasteiger partial charge in [0, 0.05) is 18.0 Å². The van der Waals surface area contributed by atoms with E-state index in [-0.39, 0.29) is 16.9 Å². The number of benzene rings is 1. The Kier molecular flexibility index (Phi) is 3.81. The van der Waals surface area contributed by atoms with Gasteiger partial charge in [-0.05, 0) is 18.9 Å². The second-order valence-electron chi connectivity index (χ2n) is 8.14. The summed E-state index contributed by atoms with van der Waals surface area (Å²) in [4.78, 5) is 42.3. The lowest BCUT2D eigenvalue weighted by Gasteiger charge is -2.23. The molecule has 1 amide bonds. The largest absolute Gasteiger partial charge is 0.476 e. The highest BCUT2D eigenvalue weighted by Gasteiger charge is 2.45. The van der Waals surface area contributed by atoms with Gasteiger partial charge in [0.05, 0.1) is 22.3 Å². The number of rotatable bonds is 2. The summed E-state index contributed by atoms with van der Waals surface area (Å²) in [7, 11) is 0. The number of carboxylic acids is 1. The van der Waals surface area contributed by atoms with Crippen molar-refractivity contribution in [3.8, 4) is 5.69 Å². The molecule has 2 aliphatic rings. The molecular weight excluding hydrogens is 364 g/mol. The van der Waals surface area contributed by atoms with Gasteiger partial charge in [0.2, 0.25) is 0 Å². The van der Waals surface area contributed by atoms with E-state index in [4.69, 9.17) is 0 Å². The third-order valence-electron chi connectivity index (χ3n) is 5.29. The fraction of sp³-hybridized carbons (Fsp3) is 0.421. The zero-order chi connectivity index (χ0) is 20.4. The molecule has 4 rings (SSSR count). The molecule has 0 bridgehead atoms. The number of fused-ring (bicyclic) bond motifs is 5. The lowest BCUT2D eigenvalue weighted by atomic mass is 9.95. The Morgan fingerprint density at radius 3 is 2.68 bits per heavy atom. The fourth-order valence-electron chi connectivity index (χ4n) is 4.17. The maximum atomic E-state index is 13.3. The number of nitro groups is 1. The summed E-state index contributed by atoms with van der Waals surface area (Å²) in [5.41, 5.74) is -0.212. The monoisotopic (exact) mass is 384 g/mol. The van der Waals surface area contributed by atoms with Crippen molar-refractivity contribution >= 4 is 17.6 Å². The predicted molar refractivity (Wildman–Crippen MR) is 98.9 cm³/mol. The van der Waals surface area contributed by atoms with Crippen molar-refractivity contribution in [3.63, 3.8) is 0 Å². The fourth-order valence-corrected chi connectivity index (χ4v) is 4.17. The minimum absolute atomic E-state index is 0.0158. The van der Waals surface area contributed by atoms with Crippen molar-refractivity contribution in [2.45, 2.75) is 45.1 Å². The van der Waals surface area contributed by atoms with E-state index in [2.05, 4.69) is 4.98 Å². The molecule has 0 saturated carbocycles. The normalized spacial score (nSPS) is 18.3. The average molecular weight is 384 g/mol. The molecule has 9 nitrogen and oxygen atoms in total. The molecule has 1 aromatic heterocycles. The molecule has 0 radical (unpaired) electrons. The van der Waals surface area contributed by atoms with Crippen LogP contribution in [0.1, 0.15) is 72.0 Å². The Bertz CT molecular complexity index is 1030. The van der Waals surface area contributed by atoms with E-state index in [1.807, 2.05) is 20.8 Å². The molecule has 3 heterocycles. The van der Waals surface area contributed by atoms with Crippen LogP contribution in [-0.4, -0.2) is 42.9 Å². The van der Waals surface area contributed by atoms with Gasteiger partial charge in [-0.15, -0.1) is 0 Å². The summed E-state index contributed by atoms with van der Waals surface area (Å²) < 4.78 is 1.67. The van der Waals surface area contributed by atoms with Gasteiger partial charge in [-0.2, -0.15) is 0 Å². The number of carboxylic acid groups (broad SMARTS) is 1. The summed E-state index contributed by atoms with van der Waals surface area (Å²) in [5, 5.41) is 21.4. The molecule has 0 spiro atoms. The van der Waals surface area contributed by atoms with E-state index in [1.54, 1.807) is 15.5 Å². The number of nitrogens with zero attached hydrogens (tertiary/aromatic N) is 4. The van der Waals surface area contributed by atoms with E-state index in [0.717, 1.165) is 0 Å². The summed E-state index contributed by atoms with van der Waals surface area (Å²) in [6.07, 6.45) is 1.28. The Balaban J connectivity index is 2.18. The van der Waals surface area contributed by atoms with Gasteiger partial charge >= 0.3 is 5.97 Å². The van der Waals surface area contributed by atoms with Crippen LogP contribution in [0.25, 0.3) is 5.69 Å². The molecule has 146 valence electrons. The minimum atomic E-state index is -1.17. The number of aromatic nitrogens is 2. The van der Waals surface area contributed by atoms with Gasteiger partial charge in [-0.3, -0.25) is 19.5 Å². The molecule has 0 aliphatic carbocycles. The zero-order valence-corrected chi connectivity index (χ0v) is 15.8. The van der Waals surface area contributed by atoms with Gasteiger partial charge in [0.15, 0.2) is 5.69 Å². The number of hydrogen-bond acceptors (Lipinski definition) is 5. The Labute approximate surface area is 160 Å². The van der Waals surface area contributed by atoms with E-state index in [9.17, 15) is 24.8 Å². The first-order valence-corrected chi connectivity index (χ1v) is 9.08. The van der Waals surface area contributed by atoms with Gasteiger partial charge < -0.3 is 10.0 Å². The van der Waals surface area contributed by atoms with Crippen molar-refractivity contribution < 1.29 is 19.6 Å². The molecule has 2 aliphatic heterocycles. The SMILES string of the molecule is CC(C)(C)c1nc(C(=O)O)c2n1-c1cccc([N+](=O)[O-])c1C(=O)N1CCC[C@@H]21. The van der Waals surface area contributed by atoms with Crippen LogP contribution in [0.3, 0.4) is 0 Å². The quantitative estimate of drug-likeness (QED) is 0.628. The van der Waals surface area contributed by atoms with Crippen LogP contribution in [0.4, 0.5) is 5.69 Å². The number of aromatic carboxylic acids is 1. The first kappa shape index (κ1) is 18.1. The highest BCUT2D eigenvalue weighted by atomic mass is 16.6. The van der Waals surface area contributed by atoms with Gasteiger partial charge in [-0.25, -0.2) is 9.78 Å². The molecule has 1 saturated heterocycles. The number of nitro benzene ring substituents is 1. The van der Waals surface area contributed by atoms with Crippen LogP contribution in [0, 0.1) is 10.1 Å².